The molecule has 0 aromatic heterocycles. The SMILES string of the molecule is CCS(=O)(=O)N(CCC(=O)O)c1cccc(C)c1. The number of sulfonamides is 1. The molecule has 0 atom stereocenters. The summed E-state index contributed by atoms with van der Waals surface area (Å²) in [5.41, 5.74) is 1.44. The van der Waals surface area contributed by atoms with Crippen LogP contribution in [-0.4, -0.2) is 31.8 Å². The Kier molecular flexibility index (Phi) is 4.72. The standard InChI is InChI=1S/C12H17NO4S/c1-3-18(16,17)13(8-7-12(14)15)11-6-4-5-10(2)9-11/h4-6,9H,3,7-8H2,1-2H3,(H,14,15). The first-order valence-electron chi connectivity index (χ1n) is 5.65. The van der Waals surface area contributed by atoms with Crippen molar-refractivity contribution in [3.05, 3.63) is 29.8 Å². The molecule has 0 heterocycles. The van der Waals surface area contributed by atoms with Gasteiger partial charge in [-0.15, -0.1) is 0 Å². The van der Waals surface area contributed by atoms with Crippen molar-refractivity contribution >= 4 is 21.7 Å². The van der Waals surface area contributed by atoms with Crippen molar-refractivity contribution in [1.29, 1.82) is 0 Å². The Balaban J connectivity index is 3.08. The molecule has 6 heteroatoms. The Bertz CT molecular complexity index is 525. The first-order chi connectivity index (χ1) is 8.36. The van der Waals surface area contributed by atoms with Crippen LogP contribution in [-0.2, 0) is 14.8 Å². The van der Waals surface area contributed by atoms with E-state index in [0.717, 1.165) is 9.87 Å². The van der Waals surface area contributed by atoms with Gasteiger partial charge in [0.25, 0.3) is 0 Å². The minimum Gasteiger partial charge on any atom is -0.481 e. The lowest BCUT2D eigenvalue weighted by Gasteiger charge is -2.23. The van der Waals surface area contributed by atoms with Crippen molar-refractivity contribution in [1.82, 2.24) is 0 Å². The number of rotatable bonds is 6. The lowest BCUT2D eigenvalue weighted by Crippen LogP contribution is -2.34. The summed E-state index contributed by atoms with van der Waals surface area (Å²) in [6.45, 7) is 3.35. The van der Waals surface area contributed by atoms with Gasteiger partial charge in [-0.2, -0.15) is 0 Å². The van der Waals surface area contributed by atoms with Crippen molar-refractivity contribution < 1.29 is 18.3 Å². The largest absolute Gasteiger partial charge is 0.481 e. The van der Waals surface area contributed by atoms with Crippen LogP contribution in [0, 0.1) is 6.92 Å². The molecule has 0 amide bonds. The van der Waals surface area contributed by atoms with Gasteiger partial charge in [0, 0.05) is 6.54 Å². The molecule has 100 valence electrons. The van der Waals surface area contributed by atoms with Crippen LogP contribution in [0.5, 0.6) is 0 Å². The Hall–Kier alpha value is -1.56. The third-order valence-corrected chi connectivity index (χ3v) is 4.31. The molecular weight excluding hydrogens is 254 g/mol. The number of benzene rings is 1. The van der Waals surface area contributed by atoms with E-state index < -0.39 is 16.0 Å². The quantitative estimate of drug-likeness (QED) is 0.853. The molecule has 0 fully saturated rings. The number of aryl methyl sites for hydroxylation is 1. The monoisotopic (exact) mass is 271 g/mol. The summed E-state index contributed by atoms with van der Waals surface area (Å²) in [4.78, 5) is 10.6. The highest BCUT2D eigenvalue weighted by Gasteiger charge is 2.21. The average Bonchev–Trinajstić information content (AvgIpc) is 2.28. The smallest absolute Gasteiger partial charge is 0.305 e. The van der Waals surface area contributed by atoms with E-state index in [1.54, 1.807) is 25.1 Å². The third kappa shape index (κ3) is 3.73. The van der Waals surface area contributed by atoms with Crippen molar-refractivity contribution in [2.24, 2.45) is 0 Å². The highest BCUT2D eigenvalue weighted by molar-refractivity contribution is 7.92. The molecule has 18 heavy (non-hydrogen) atoms. The van der Waals surface area contributed by atoms with E-state index in [1.807, 2.05) is 13.0 Å². The molecule has 0 radical (unpaired) electrons. The number of hydrogen-bond donors (Lipinski definition) is 1. The molecule has 0 unspecified atom stereocenters. The molecule has 5 nitrogen and oxygen atoms in total. The van der Waals surface area contributed by atoms with E-state index in [2.05, 4.69) is 0 Å². The fraction of sp³-hybridized carbons (Fsp3) is 0.417. The van der Waals surface area contributed by atoms with E-state index in [1.165, 1.54) is 0 Å². The van der Waals surface area contributed by atoms with Crippen LogP contribution < -0.4 is 4.31 Å². The molecule has 1 aromatic rings. The van der Waals surface area contributed by atoms with Crippen LogP contribution in [0.2, 0.25) is 0 Å². The van der Waals surface area contributed by atoms with E-state index in [-0.39, 0.29) is 18.7 Å². The fourth-order valence-corrected chi connectivity index (χ4v) is 2.68. The first-order valence-corrected chi connectivity index (χ1v) is 7.26. The van der Waals surface area contributed by atoms with Crippen LogP contribution in [0.15, 0.2) is 24.3 Å². The lowest BCUT2D eigenvalue weighted by molar-refractivity contribution is -0.136. The summed E-state index contributed by atoms with van der Waals surface area (Å²) in [7, 11) is -3.46. The number of carbonyl (C=O) groups is 1. The van der Waals surface area contributed by atoms with Crippen LogP contribution in [0.1, 0.15) is 18.9 Å². The van der Waals surface area contributed by atoms with E-state index in [0.29, 0.717) is 5.69 Å². The van der Waals surface area contributed by atoms with Crippen molar-refractivity contribution in [2.45, 2.75) is 20.3 Å². The molecule has 0 aliphatic carbocycles. The second-order valence-corrected chi connectivity index (χ2v) is 6.14. The molecule has 1 N–H and O–H groups in total. The number of nitrogens with zero attached hydrogens (tertiary/aromatic N) is 1. The molecule has 1 aromatic carbocycles. The fourth-order valence-electron chi connectivity index (χ4n) is 1.56. The summed E-state index contributed by atoms with van der Waals surface area (Å²) in [6, 6.07) is 7.01. The molecule has 1 rings (SSSR count). The maximum absolute atomic E-state index is 12.0. The van der Waals surface area contributed by atoms with Gasteiger partial charge in [-0.05, 0) is 31.5 Å². The second-order valence-electron chi connectivity index (χ2n) is 3.96. The zero-order valence-corrected chi connectivity index (χ0v) is 11.3. The summed E-state index contributed by atoms with van der Waals surface area (Å²) >= 11 is 0. The van der Waals surface area contributed by atoms with Gasteiger partial charge in [-0.3, -0.25) is 9.10 Å². The predicted octanol–water partition coefficient (Wildman–Crippen LogP) is 1.63. The number of carboxylic acids is 1. The van der Waals surface area contributed by atoms with Gasteiger partial charge < -0.3 is 5.11 Å². The Morgan fingerprint density at radius 3 is 2.56 bits per heavy atom. The summed E-state index contributed by atoms with van der Waals surface area (Å²) < 4.78 is 25.1. The number of aliphatic carboxylic acids is 1. The van der Waals surface area contributed by atoms with E-state index in [9.17, 15) is 13.2 Å². The van der Waals surface area contributed by atoms with E-state index >= 15 is 0 Å². The second kappa shape index (κ2) is 5.86. The summed E-state index contributed by atoms with van der Waals surface area (Å²) in [6.07, 6.45) is -0.215. The van der Waals surface area contributed by atoms with Crippen molar-refractivity contribution in [3.63, 3.8) is 0 Å². The van der Waals surface area contributed by atoms with Crippen LogP contribution in [0.25, 0.3) is 0 Å². The third-order valence-electron chi connectivity index (χ3n) is 2.52. The molecule has 0 aliphatic rings. The molecule has 0 bridgehead atoms. The molecule has 0 saturated heterocycles. The minimum absolute atomic E-state index is 0.0467. The first kappa shape index (κ1) is 14.5. The predicted molar refractivity (Wildman–Crippen MR) is 70.2 cm³/mol. The number of carboxylic acid groups (broad SMARTS) is 1. The lowest BCUT2D eigenvalue weighted by atomic mass is 10.2. The zero-order valence-electron chi connectivity index (χ0n) is 10.5. The van der Waals surface area contributed by atoms with Crippen LogP contribution in [0.3, 0.4) is 0 Å². The topological polar surface area (TPSA) is 74.7 Å². The Morgan fingerprint density at radius 2 is 2.06 bits per heavy atom. The van der Waals surface area contributed by atoms with Gasteiger partial charge in [0.1, 0.15) is 0 Å². The maximum atomic E-state index is 12.0. The highest BCUT2D eigenvalue weighted by atomic mass is 32.2. The maximum Gasteiger partial charge on any atom is 0.305 e. The average molecular weight is 271 g/mol. The van der Waals surface area contributed by atoms with Gasteiger partial charge >= 0.3 is 5.97 Å². The Labute approximate surface area is 107 Å². The zero-order chi connectivity index (χ0) is 13.8. The molecule has 0 saturated carbocycles. The minimum atomic E-state index is -3.46. The summed E-state index contributed by atoms with van der Waals surface area (Å²) in [5.74, 6) is -1.07. The number of anilines is 1. The van der Waals surface area contributed by atoms with Gasteiger partial charge in [0.15, 0.2) is 0 Å². The van der Waals surface area contributed by atoms with Crippen molar-refractivity contribution in [3.8, 4) is 0 Å². The highest BCUT2D eigenvalue weighted by Crippen LogP contribution is 2.20. The molecule has 0 aliphatic heterocycles. The molecular formula is C12H17NO4S. The van der Waals surface area contributed by atoms with Gasteiger partial charge in [0.05, 0.1) is 17.9 Å². The van der Waals surface area contributed by atoms with Crippen molar-refractivity contribution in [2.75, 3.05) is 16.6 Å². The van der Waals surface area contributed by atoms with Gasteiger partial charge in [-0.1, -0.05) is 12.1 Å². The Morgan fingerprint density at radius 1 is 1.39 bits per heavy atom. The number of hydrogen-bond acceptors (Lipinski definition) is 3. The van der Waals surface area contributed by atoms with Gasteiger partial charge in [-0.25, -0.2) is 8.42 Å². The summed E-state index contributed by atoms with van der Waals surface area (Å²) in [5, 5.41) is 8.68. The normalized spacial score (nSPS) is 11.2. The van der Waals surface area contributed by atoms with Crippen LogP contribution in [0.4, 0.5) is 5.69 Å². The van der Waals surface area contributed by atoms with E-state index in [4.69, 9.17) is 5.11 Å². The van der Waals surface area contributed by atoms with Gasteiger partial charge in [0.2, 0.25) is 10.0 Å². The van der Waals surface area contributed by atoms with Crippen LogP contribution >= 0.6 is 0 Å². The molecule has 0 spiro atoms.